The molecule has 0 saturated carbocycles. The maximum atomic E-state index is 14.7. The molecule has 3 aromatic rings. The molecule has 4 heteroatoms. The van der Waals surface area contributed by atoms with Gasteiger partial charge in [-0.1, -0.05) is 93.3 Å². The van der Waals surface area contributed by atoms with Crippen molar-refractivity contribution in [3.8, 4) is 22.3 Å². The first-order valence-electron chi connectivity index (χ1n) is 10.5. The Morgan fingerprint density at radius 3 is 1.97 bits per heavy atom. The topological polar surface area (TPSA) is 0 Å². The van der Waals surface area contributed by atoms with Gasteiger partial charge in [-0.2, -0.15) is 13.2 Å². The van der Waals surface area contributed by atoms with E-state index in [1.165, 1.54) is 43.4 Å². The molecule has 0 aromatic heterocycles. The van der Waals surface area contributed by atoms with Crippen molar-refractivity contribution in [3.63, 3.8) is 0 Å². The number of hydrogen-bond donors (Lipinski definition) is 0. The van der Waals surface area contributed by atoms with Crippen LogP contribution in [0.3, 0.4) is 0 Å². The third-order valence-corrected chi connectivity index (χ3v) is 5.36. The molecule has 0 atom stereocenters. The van der Waals surface area contributed by atoms with E-state index in [0.717, 1.165) is 24.5 Å². The molecule has 0 spiro atoms. The van der Waals surface area contributed by atoms with E-state index in [1.807, 2.05) is 24.3 Å². The molecule has 158 valence electrons. The lowest BCUT2D eigenvalue weighted by Gasteiger charge is -2.15. The van der Waals surface area contributed by atoms with Gasteiger partial charge in [0.2, 0.25) is 0 Å². The summed E-state index contributed by atoms with van der Waals surface area (Å²) in [6.45, 7) is 2.20. The minimum Gasteiger partial charge on any atom is -0.206 e. The summed E-state index contributed by atoms with van der Waals surface area (Å²) in [7, 11) is 0. The number of halogens is 4. The molecule has 0 heterocycles. The lowest BCUT2D eigenvalue weighted by Crippen LogP contribution is -2.08. The summed E-state index contributed by atoms with van der Waals surface area (Å²) in [6.07, 6.45) is 2.38. The fraction of sp³-hybridized carbons (Fsp3) is 0.308. The molecular weight excluding hydrogens is 388 g/mol. The number of unbranched alkanes of at least 4 members (excludes halogenated alkanes) is 4. The van der Waals surface area contributed by atoms with Crippen LogP contribution in [0.4, 0.5) is 17.6 Å². The second-order valence-corrected chi connectivity index (χ2v) is 7.57. The Balaban J connectivity index is 1.86. The summed E-state index contributed by atoms with van der Waals surface area (Å²) in [4.78, 5) is 0. The SMILES string of the molecule is CCCCCCCc1ccc(-c2ccccc2-c2cccc(C(F)(F)F)c2F)cc1. The Morgan fingerprint density at radius 1 is 0.667 bits per heavy atom. The van der Waals surface area contributed by atoms with Gasteiger partial charge in [0.1, 0.15) is 5.82 Å². The number of benzene rings is 3. The quantitative estimate of drug-likeness (QED) is 0.255. The molecule has 0 nitrogen and oxygen atoms in total. The molecule has 0 radical (unpaired) electrons. The normalized spacial score (nSPS) is 11.6. The van der Waals surface area contributed by atoms with Crippen molar-refractivity contribution >= 4 is 0 Å². The summed E-state index contributed by atoms with van der Waals surface area (Å²) >= 11 is 0. The number of rotatable bonds is 8. The van der Waals surface area contributed by atoms with Gasteiger partial charge >= 0.3 is 6.18 Å². The first kappa shape index (κ1) is 22.1. The maximum Gasteiger partial charge on any atom is 0.419 e. The van der Waals surface area contributed by atoms with E-state index in [0.29, 0.717) is 11.1 Å². The van der Waals surface area contributed by atoms with Crippen LogP contribution in [-0.2, 0) is 12.6 Å². The van der Waals surface area contributed by atoms with Crippen molar-refractivity contribution in [2.75, 3.05) is 0 Å². The summed E-state index contributed by atoms with van der Waals surface area (Å²) in [5.41, 5.74) is 1.97. The minimum absolute atomic E-state index is 0.0413. The Labute approximate surface area is 175 Å². The number of alkyl halides is 3. The predicted molar refractivity (Wildman–Crippen MR) is 115 cm³/mol. The van der Waals surface area contributed by atoms with Gasteiger partial charge in [0.25, 0.3) is 0 Å². The van der Waals surface area contributed by atoms with Crippen LogP contribution in [0.5, 0.6) is 0 Å². The van der Waals surface area contributed by atoms with Crippen LogP contribution in [0.2, 0.25) is 0 Å². The van der Waals surface area contributed by atoms with Crippen molar-refractivity contribution in [3.05, 3.63) is 83.7 Å². The van der Waals surface area contributed by atoms with Crippen molar-refractivity contribution in [1.29, 1.82) is 0 Å². The summed E-state index contributed by atoms with van der Waals surface area (Å²) in [5.74, 6) is -1.24. The van der Waals surface area contributed by atoms with E-state index in [-0.39, 0.29) is 5.56 Å². The van der Waals surface area contributed by atoms with Crippen LogP contribution >= 0.6 is 0 Å². The van der Waals surface area contributed by atoms with Crippen LogP contribution in [-0.4, -0.2) is 0 Å². The van der Waals surface area contributed by atoms with Gasteiger partial charge < -0.3 is 0 Å². The second-order valence-electron chi connectivity index (χ2n) is 7.57. The average Bonchev–Trinajstić information content (AvgIpc) is 2.73. The van der Waals surface area contributed by atoms with E-state index in [2.05, 4.69) is 19.1 Å². The second kappa shape index (κ2) is 9.92. The molecule has 0 amide bonds. The van der Waals surface area contributed by atoms with Gasteiger partial charge in [0.05, 0.1) is 5.56 Å². The van der Waals surface area contributed by atoms with Crippen LogP contribution in [0, 0.1) is 5.82 Å². The first-order chi connectivity index (χ1) is 14.4. The molecule has 0 saturated heterocycles. The Bertz CT molecular complexity index is 956. The van der Waals surface area contributed by atoms with Gasteiger partial charge in [-0.25, -0.2) is 4.39 Å². The maximum absolute atomic E-state index is 14.7. The van der Waals surface area contributed by atoms with E-state index < -0.39 is 17.6 Å². The number of hydrogen-bond acceptors (Lipinski definition) is 0. The van der Waals surface area contributed by atoms with E-state index in [1.54, 1.807) is 12.1 Å². The molecule has 0 fully saturated rings. The standard InChI is InChI=1S/C26H26F4/c1-2-3-4-5-6-10-19-15-17-20(18-16-19)21-11-7-8-12-22(21)23-13-9-14-24(25(23)27)26(28,29)30/h7-9,11-18H,2-6,10H2,1H3. The highest BCUT2D eigenvalue weighted by molar-refractivity contribution is 5.84. The van der Waals surface area contributed by atoms with E-state index in [4.69, 9.17) is 0 Å². The fourth-order valence-corrected chi connectivity index (χ4v) is 3.71. The Hall–Kier alpha value is -2.62. The molecule has 3 rings (SSSR count). The summed E-state index contributed by atoms with van der Waals surface area (Å²) < 4.78 is 54.2. The highest BCUT2D eigenvalue weighted by Gasteiger charge is 2.35. The van der Waals surface area contributed by atoms with Crippen LogP contribution in [0.25, 0.3) is 22.3 Å². The van der Waals surface area contributed by atoms with Gasteiger partial charge in [-0.3, -0.25) is 0 Å². The lowest BCUT2D eigenvalue weighted by molar-refractivity contribution is -0.139. The largest absolute Gasteiger partial charge is 0.419 e. The smallest absolute Gasteiger partial charge is 0.206 e. The minimum atomic E-state index is -4.73. The van der Waals surface area contributed by atoms with Crippen LogP contribution in [0.1, 0.15) is 50.2 Å². The van der Waals surface area contributed by atoms with Crippen molar-refractivity contribution in [2.45, 2.75) is 51.6 Å². The van der Waals surface area contributed by atoms with Gasteiger partial charge in [-0.05, 0) is 41.2 Å². The van der Waals surface area contributed by atoms with Gasteiger partial charge in [0.15, 0.2) is 0 Å². The fourth-order valence-electron chi connectivity index (χ4n) is 3.71. The molecule has 3 aromatic carbocycles. The zero-order valence-electron chi connectivity index (χ0n) is 17.1. The van der Waals surface area contributed by atoms with Crippen LogP contribution < -0.4 is 0 Å². The lowest BCUT2D eigenvalue weighted by atomic mass is 9.92. The third-order valence-electron chi connectivity index (χ3n) is 5.36. The van der Waals surface area contributed by atoms with Crippen molar-refractivity contribution in [1.82, 2.24) is 0 Å². The summed E-state index contributed by atoms with van der Waals surface area (Å²) in [5, 5.41) is 0. The van der Waals surface area contributed by atoms with Crippen molar-refractivity contribution < 1.29 is 17.6 Å². The zero-order valence-corrected chi connectivity index (χ0v) is 17.1. The Kier molecular flexibility index (Phi) is 7.30. The van der Waals surface area contributed by atoms with Gasteiger partial charge in [-0.15, -0.1) is 0 Å². The highest BCUT2D eigenvalue weighted by atomic mass is 19.4. The first-order valence-corrected chi connectivity index (χ1v) is 10.5. The Morgan fingerprint density at radius 2 is 1.30 bits per heavy atom. The summed E-state index contributed by atoms with van der Waals surface area (Å²) in [6, 6.07) is 18.4. The predicted octanol–water partition coefficient (Wildman–Crippen LogP) is 8.69. The van der Waals surface area contributed by atoms with Crippen molar-refractivity contribution in [2.24, 2.45) is 0 Å². The molecule has 0 N–H and O–H groups in total. The molecular formula is C26H26F4. The average molecular weight is 414 g/mol. The van der Waals surface area contributed by atoms with Crippen LogP contribution in [0.15, 0.2) is 66.7 Å². The molecule has 0 bridgehead atoms. The highest BCUT2D eigenvalue weighted by Crippen LogP contribution is 2.38. The number of aryl methyl sites for hydroxylation is 1. The monoisotopic (exact) mass is 414 g/mol. The molecule has 0 unspecified atom stereocenters. The zero-order chi connectivity index (χ0) is 21.6. The third kappa shape index (κ3) is 5.29. The van der Waals surface area contributed by atoms with E-state index in [9.17, 15) is 17.6 Å². The molecule has 0 aliphatic rings. The molecule has 0 aliphatic carbocycles. The molecule has 30 heavy (non-hydrogen) atoms. The molecule has 0 aliphatic heterocycles. The van der Waals surface area contributed by atoms with Gasteiger partial charge in [0, 0.05) is 5.56 Å². The van der Waals surface area contributed by atoms with E-state index >= 15 is 0 Å².